The van der Waals surface area contributed by atoms with Gasteiger partial charge in [-0.05, 0) is 29.8 Å². The Labute approximate surface area is 120 Å². The molecule has 108 valence electrons. The number of aromatic hydroxyl groups is 1. The number of hydrogen-bond acceptors (Lipinski definition) is 4. The molecule has 2 rings (SSSR count). The Morgan fingerprint density at radius 1 is 1.29 bits per heavy atom. The van der Waals surface area contributed by atoms with Crippen molar-refractivity contribution in [3.8, 4) is 11.5 Å². The average Bonchev–Trinajstić information content (AvgIpc) is 2.46. The largest absolute Gasteiger partial charge is 0.508 e. The number of hydrazone groups is 1. The van der Waals surface area contributed by atoms with Gasteiger partial charge in [0.25, 0.3) is 5.91 Å². The third kappa shape index (κ3) is 4.61. The molecule has 2 aromatic carbocycles. The fraction of sp³-hybridized carbons (Fsp3) is 0.0667. The number of phenolic OH excluding ortho intramolecular Hbond substituents is 1. The summed E-state index contributed by atoms with van der Waals surface area (Å²) in [5, 5.41) is 13.0. The minimum absolute atomic E-state index is 0.00427. The van der Waals surface area contributed by atoms with Crippen LogP contribution in [0.15, 0.2) is 53.6 Å². The monoisotopic (exact) mass is 288 g/mol. The van der Waals surface area contributed by atoms with E-state index in [9.17, 15) is 14.3 Å². The van der Waals surface area contributed by atoms with Crippen molar-refractivity contribution in [1.29, 1.82) is 0 Å². The first-order valence-electron chi connectivity index (χ1n) is 6.13. The number of nitrogens with one attached hydrogen (secondary N) is 1. The van der Waals surface area contributed by atoms with E-state index in [1.54, 1.807) is 18.2 Å². The molecule has 5 nitrogen and oxygen atoms in total. The highest BCUT2D eigenvalue weighted by Gasteiger charge is 2.05. The Bertz CT molecular complexity index is 659. The van der Waals surface area contributed by atoms with E-state index in [1.165, 1.54) is 36.5 Å². The number of amides is 1. The average molecular weight is 288 g/mol. The highest BCUT2D eigenvalue weighted by atomic mass is 19.1. The topological polar surface area (TPSA) is 70.9 Å². The van der Waals surface area contributed by atoms with Gasteiger partial charge in [0.2, 0.25) is 0 Å². The number of nitrogens with zero attached hydrogens (tertiary/aromatic N) is 1. The van der Waals surface area contributed by atoms with E-state index in [-0.39, 0.29) is 18.1 Å². The first-order chi connectivity index (χ1) is 10.1. The van der Waals surface area contributed by atoms with Gasteiger partial charge in [-0.2, -0.15) is 5.10 Å². The number of ether oxygens (including phenoxy) is 1. The van der Waals surface area contributed by atoms with E-state index < -0.39 is 11.7 Å². The van der Waals surface area contributed by atoms with Gasteiger partial charge >= 0.3 is 0 Å². The highest BCUT2D eigenvalue weighted by molar-refractivity contribution is 5.83. The fourth-order valence-electron chi connectivity index (χ4n) is 1.52. The van der Waals surface area contributed by atoms with E-state index in [2.05, 4.69) is 10.5 Å². The second-order valence-corrected chi connectivity index (χ2v) is 4.11. The van der Waals surface area contributed by atoms with Crippen molar-refractivity contribution in [3.05, 3.63) is 59.9 Å². The summed E-state index contributed by atoms with van der Waals surface area (Å²) in [7, 11) is 0. The number of carbonyl (C=O) groups excluding carboxylic acids is 1. The van der Waals surface area contributed by atoms with Crippen LogP contribution in [0.2, 0.25) is 0 Å². The van der Waals surface area contributed by atoms with Crippen LogP contribution in [-0.4, -0.2) is 23.8 Å². The number of rotatable bonds is 5. The van der Waals surface area contributed by atoms with Gasteiger partial charge in [0, 0.05) is 0 Å². The Kier molecular flexibility index (Phi) is 4.87. The second kappa shape index (κ2) is 7.04. The molecule has 0 aliphatic carbocycles. The lowest BCUT2D eigenvalue weighted by molar-refractivity contribution is -0.123. The molecule has 0 fully saturated rings. The SMILES string of the molecule is O=C(COc1ccccc1F)N/N=C\c1cccc(O)c1. The molecule has 0 atom stereocenters. The molecule has 1 amide bonds. The summed E-state index contributed by atoms with van der Waals surface area (Å²) in [5.74, 6) is -0.944. The number of para-hydroxylation sites is 1. The van der Waals surface area contributed by atoms with Crippen molar-refractivity contribution in [2.75, 3.05) is 6.61 Å². The lowest BCUT2D eigenvalue weighted by Gasteiger charge is -2.05. The van der Waals surface area contributed by atoms with Crippen LogP contribution in [0, 0.1) is 5.82 Å². The van der Waals surface area contributed by atoms with Crippen LogP contribution in [0.3, 0.4) is 0 Å². The third-order valence-electron chi connectivity index (χ3n) is 2.47. The molecule has 0 aliphatic heterocycles. The van der Waals surface area contributed by atoms with E-state index in [0.29, 0.717) is 5.56 Å². The molecule has 0 saturated carbocycles. The second-order valence-electron chi connectivity index (χ2n) is 4.11. The van der Waals surface area contributed by atoms with Gasteiger partial charge in [0.05, 0.1) is 6.21 Å². The van der Waals surface area contributed by atoms with Crippen LogP contribution in [0.5, 0.6) is 11.5 Å². The minimum atomic E-state index is -0.534. The summed E-state index contributed by atoms with van der Waals surface area (Å²) in [6.45, 7) is -0.349. The van der Waals surface area contributed by atoms with Crippen molar-refractivity contribution >= 4 is 12.1 Å². The number of hydrogen-bond donors (Lipinski definition) is 2. The zero-order valence-corrected chi connectivity index (χ0v) is 11.0. The van der Waals surface area contributed by atoms with Gasteiger partial charge in [-0.1, -0.05) is 24.3 Å². The van der Waals surface area contributed by atoms with E-state index in [4.69, 9.17) is 4.74 Å². The smallest absolute Gasteiger partial charge is 0.277 e. The minimum Gasteiger partial charge on any atom is -0.508 e. The summed E-state index contributed by atoms with van der Waals surface area (Å²) >= 11 is 0. The molecule has 0 aliphatic rings. The number of halogens is 1. The molecule has 6 heteroatoms. The fourth-order valence-corrected chi connectivity index (χ4v) is 1.52. The van der Waals surface area contributed by atoms with Gasteiger partial charge in [0.15, 0.2) is 18.2 Å². The normalized spacial score (nSPS) is 10.5. The first-order valence-corrected chi connectivity index (χ1v) is 6.13. The van der Waals surface area contributed by atoms with Crippen molar-refractivity contribution in [1.82, 2.24) is 5.43 Å². The van der Waals surface area contributed by atoms with E-state index in [1.807, 2.05) is 0 Å². The standard InChI is InChI=1S/C15H13FN2O3/c16-13-6-1-2-7-14(13)21-10-15(20)18-17-9-11-4-3-5-12(19)8-11/h1-9,19H,10H2,(H,18,20)/b17-9-. The van der Waals surface area contributed by atoms with Crippen LogP contribution >= 0.6 is 0 Å². The molecule has 0 aromatic heterocycles. The molecule has 2 N–H and O–H groups in total. The molecule has 0 spiro atoms. The lowest BCUT2D eigenvalue weighted by Crippen LogP contribution is -2.24. The maximum absolute atomic E-state index is 13.2. The molecule has 0 unspecified atom stereocenters. The molecular weight excluding hydrogens is 275 g/mol. The van der Waals surface area contributed by atoms with Crippen LogP contribution < -0.4 is 10.2 Å². The van der Waals surface area contributed by atoms with Crippen molar-refractivity contribution < 1.29 is 19.0 Å². The lowest BCUT2D eigenvalue weighted by atomic mass is 10.2. The first kappa shape index (κ1) is 14.5. The maximum Gasteiger partial charge on any atom is 0.277 e. The van der Waals surface area contributed by atoms with Gasteiger partial charge in [-0.3, -0.25) is 4.79 Å². The summed E-state index contributed by atoms with van der Waals surface area (Å²) in [4.78, 5) is 11.5. The van der Waals surface area contributed by atoms with Gasteiger partial charge in [-0.15, -0.1) is 0 Å². The molecule has 0 heterocycles. The van der Waals surface area contributed by atoms with E-state index >= 15 is 0 Å². The van der Waals surface area contributed by atoms with Crippen molar-refractivity contribution in [3.63, 3.8) is 0 Å². The van der Waals surface area contributed by atoms with E-state index in [0.717, 1.165) is 0 Å². The molecule has 21 heavy (non-hydrogen) atoms. The van der Waals surface area contributed by atoms with Crippen LogP contribution in [0.4, 0.5) is 4.39 Å². The van der Waals surface area contributed by atoms with Gasteiger partial charge in [-0.25, -0.2) is 9.82 Å². The zero-order valence-electron chi connectivity index (χ0n) is 11.0. The Hall–Kier alpha value is -2.89. The Morgan fingerprint density at radius 2 is 2.10 bits per heavy atom. The van der Waals surface area contributed by atoms with Gasteiger partial charge in [0.1, 0.15) is 5.75 Å². The van der Waals surface area contributed by atoms with Gasteiger partial charge < -0.3 is 9.84 Å². The van der Waals surface area contributed by atoms with Crippen LogP contribution in [0.25, 0.3) is 0 Å². The zero-order chi connectivity index (χ0) is 15.1. The summed E-state index contributed by atoms with van der Waals surface area (Å²) in [5.41, 5.74) is 2.87. The Morgan fingerprint density at radius 3 is 2.86 bits per heavy atom. The molecule has 0 saturated heterocycles. The van der Waals surface area contributed by atoms with Crippen molar-refractivity contribution in [2.45, 2.75) is 0 Å². The third-order valence-corrected chi connectivity index (χ3v) is 2.47. The highest BCUT2D eigenvalue weighted by Crippen LogP contribution is 2.14. The van der Waals surface area contributed by atoms with Crippen LogP contribution in [-0.2, 0) is 4.79 Å². The molecule has 2 aromatic rings. The number of phenols is 1. The summed E-state index contributed by atoms with van der Waals surface area (Å²) in [6, 6.07) is 12.2. The van der Waals surface area contributed by atoms with Crippen LogP contribution in [0.1, 0.15) is 5.56 Å². The quantitative estimate of drug-likeness (QED) is 0.653. The number of carbonyl (C=O) groups is 1. The summed E-state index contributed by atoms with van der Waals surface area (Å²) < 4.78 is 18.3. The van der Waals surface area contributed by atoms with Crippen molar-refractivity contribution in [2.24, 2.45) is 5.10 Å². The molecule has 0 radical (unpaired) electrons. The summed E-state index contributed by atoms with van der Waals surface area (Å²) in [6.07, 6.45) is 1.38. The predicted molar refractivity (Wildman–Crippen MR) is 75.7 cm³/mol. The molecule has 0 bridgehead atoms. The predicted octanol–water partition coefficient (Wildman–Crippen LogP) is 2.06. The number of benzene rings is 2. The molecular formula is C15H13FN2O3. The Balaban J connectivity index is 1.81. The maximum atomic E-state index is 13.2.